The van der Waals surface area contributed by atoms with E-state index in [2.05, 4.69) is 5.32 Å². The zero-order valence-corrected chi connectivity index (χ0v) is 14.1. The lowest BCUT2D eigenvalue weighted by Crippen LogP contribution is -2.31. The van der Waals surface area contributed by atoms with Crippen LogP contribution < -0.4 is 14.8 Å². The highest BCUT2D eigenvalue weighted by Gasteiger charge is 2.15. The topological polar surface area (TPSA) is 71.3 Å². The van der Waals surface area contributed by atoms with E-state index in [1.165, 1.54) is 19.2 Å². The van der Waals surface area contributed by atoms with Gasteiger partial charge in [0.1, 0.15) is 0 Å². The summed E-state index contributed by atoms with van der Waals surface area (Å²) in [6.45, 7) is 1.68. The van der Waals surface area contributed by atoms with Crippen LogP contribution in [0.15, 0.2) is 42.5 Å². The Labute approximate surface area is 145 Å². The largest absolute Gasteiger partial charge is 0.493 e. The van der Waals surface area contributed by atoms with Crippen molar-refractivity contribution in [1.82, 2.24) is 5.32 Å². The van der Waals surface area contributed by atoms with Gasteiger partial charge in [-0.25, -0.2) is 0 Å². The van der Waals surface area contributed by atoms with Crippen LogP contribution in [-0.4, -0.2) is 19.6 Å². The number of nitriles is 1. The van der Waals surface area contributed by atoms with Crippen molar-refractivity contribution in [3.8, 4) is 17.6 Å². The predicted octanol–water partition coefficient (Wildman–Crippen LogP) is 3.48. The number of nitrogens with zero attached hydrogens (tertiary/aromatic N) is 1. The van der Waals surface area contributed by atoms with Crippen molar-refractivity contribution in [3.63, 3.8) is 0 Å². The summed E-state index contributed by atoms with van der Waals surface area (Å²) >= 11 is 6.09. The minimum absolute atomic E-state index is 0.138. The van der Waals surface area contributed by atoms with Gasteiger partial charge in [-0.2, -0.15) is 5.26 Å². The maximum atomic E-state index is 12.1. The number of rotatable bonds is 6. The summed E-state index contributed by atoms with van der Waals surface area (Å²) in [5.74, 6) is 0.262. The molecule has 5 nitrogen and oxygen atoms in total. The lowest BCUT2D eigenvalue weighted by atomic mass is 10.1. The van der Waals surface area contributed by atoms with Crippen molar-refractivity contribution < 1.29 is 14.3 Å². The Morgan fingerprint density at radius 2 is 2.04 bits per heavy atom. The van der Waals surface area contributed by atoms with Crippen molar-refractivity contribution in [1.29, 1.82) is 5.26 Å². The van der Waals surface area contributed by atoms with Gasteiger partial charge in [-0.15, -0.1) is 0 Å². The minimum Gasteiger partial charge on any atom is -0.493 e. The normalized spacial score (nSPS) is 11.2. The molecule has 6 heteroatoms. The highest BCUT2D eigenvalue weighted by molar-refractivity contribution is 6.32. The Kier molecular flexibility index (Phi) is 6.05. The number of hydrogen-bond donors (Lipinski definition) is 1. The monoisotopic (exact) mass is 344 g/mol. The van der Waals surface area contributed by atoms with E-state index in [4.69, 9.17) is 26.3 Å². The average Bonchev–Trinajstić information content (AvgIpc) is 2.60. The molecule has 0 aromatic heterocycles. The smallest absolute Gasteiger partial charge is 0.258 e. The molecule has 1 N–H and O–H groups in total. The number of carbonyl (C=O) groups excluding carboxylic acids is 1. The van der Waals surface area contributed by atoms with Crippen LogP contribution in [-0.2, 0) is 4.79 Å². The van der Waals surface area contributed by atoms with Crippen molar-refractivity contribution in [3.05, 3.63) is 58.6 Å². The summed E-state index contributed by atoms with van der Waals surface area (Å²) in [7, 11) is 1.44. The van der Waals surface area contributed by atoms with E-state index in [0.717, 1.165) is 5.56 Å². The second-order valence-electron chi connectivity index (χ2n) is 5.09. The van der Waals surface area contributed by atoms with Crippen molar-refractivity contribution >= 4 is 17.5 Å². The fraction of sp³-hybridized carbons (Fsp3) is 0.222. The van der Waals surface area contributed by atoms with Crippen LogP contribution >= 0.6 is 11.6 Å². The zero-order chi connectivity index (χ0) is 17.5. The Morgan fingerprint density at radius 3 is 2.67 bits per heavy atom. The molecule has 0 spiro atoms. The molecule has 0 saturated heterocycles. The van der Waals surface area contributed by atoms with Gasteiger partial charge in [-0.1, -0.05) is 41.9 Å². The molecule has 2 rings (SSSR count). The second kappa shape index (κ2) is 8.23. The lowest BCUT2D eigenvalue weighted by Gasteiger charge is -2.16. The van der Waals surface area contributed by atoms with E-state index in [9.17, 15) is 4.79 Å². The molecule has 24 heavy (non-hydrogen) atoms. The maximum Gasteiger partial charge on any atom is 0.258 e. The molecule has 0 saturated carbocycles. The summed E-state index contributed by atoms with van der Waals surface area (Å²) in [5.41, 5.74) is 1.35. The highest BCUT2D eigenvalue weighted by atomic mass is 35.5. The number of halogens is 1. The van der Waals surface area contributed by atoms with Gasteiger partial charge >= 0.3 is 0 Å². The summed E-state index contributed by atoms with van der Waals surface area (Å²) in [6, 6.07) is 14.4. The molecule has 0 aliphatic rings. The first-order valence-corrected chi connectivity index (χ1v) is 7.67. The number of hydrogen-bond acceptors (Lipinski definition) is 4. The predicted molar refractivity (Wildman–Crippen MR) is 91.2 cm³/mol. The Balaban J connectivity index is 2.01. The highest BCUT2D eigenvalue weighted by Crippen LogP contribution is 2.36. The van der Waals surface area contributed by atoms with Gasteiger partial charge in [0, 0.05) is 6.07 Å². The van der Waals surface area contributed by atoms with E-state index in [1.807, 2.05) is 43.3 Å². The lowest BCUT2D eigenvalue weighted by molar-refractivity contribution is -0.123. The van der Waals surface area contributed by atoms with Crippen LogP contribution in [0, 0.1) is 11.3 Å². The summed E-state index contributed by atoms with van der Waals surface area (Å²) in [4.78, 5) is 12.1. The number of ether oxygens (including phenoxy) is 2. The SMILES string of the molecule is COc1cc(C#N)cc(Cl)c1OCC(=O)N[C@H](C)c1ccccc1. The van der Waals surface area contributed by atoms with E-state index >= 15 is 0 Å². The molecule has 0 heterocycles. The fourth-order valence-electron chi connectivity index (χ4n) is 2.17. The standard InChI is InChI=1S/C18H17ClN2O3/c1-12(14-6-4-3-5-7-14)21-17(22)11-24-18-15(19)8-13(10-20)9-16(18)23-2/h3-9,12H,11H2,1-2H3,(H,21,22)/t12-/m1/s1. The van der Waals surface area contributed by atoms with Gasteiger partial charge in [0.2, 0.25) is 0 Å². The number of benzene rings is 2. The fourth-order valence-corrected chi connectivity index (χ4v) is 2.44. The Bertz CT molecular complexity index is 757. The molecule has 1 amide bonds. The summed E-state index contributed by atoms with van der Waals surface area (Å²) in [6.07, 6.45) is 0. The van der Waals surface area contributed by atoms with Gasteiger partial charge in [0.25, 0.3) is 5.91 Å². The first-order valence-electron chi connectivity index (χ1n) is 7.30. The average molecular weight is 345 g/mol. The molecule has 1 atom stereocenters. The van der Waals surface area contributed by atoms with Crippen molar-refractivity contribution in [2.75, 3.05) is 13.7 Å². The number of nitrogens with one attached hydrogen (secondary N) is 1. The molecule has 124 valence electrons. The van der Waals surface area contributed by atoms with Crippen LogP contribution in [0.4, 0.5) is 0 Å². The van der Waals surface area contributed by atoms with E-state index in [1.54, 1.807) is 0 Å². The van der Waals surface area contributed by atoms with E-state index in [-0.39, 0.29) is 29.3 Å². The maximum absolute atomic E-state index is 12.1. The van der Waals surface area contributed by atoms with E-state index < -0.39 is 0 Å². The number of carbonyl (C=O) groups is 1. The summed E-state index contributed by atoms with van der Waals surface area (Å²) in [5, 5.41) is 12.0. The molecule has 2 aromatic carbocycles. The molecule has 0 unspecified atom stereocenters. The van der Waals surface area contributed by atoms with Crippen LogP contribution in [0.3, 0.4) is 0 Å². The van der Waals surface area contributed by atoms with E-state index in [0.29, 0.717) is 11.3 Å². The first kappa shape index (κ1) is 17.6. The molecule has 0 radical (unpaired) electrons. The van der Waals surface area contributed by atoms with Gasteiger partial charge < -0.3 is 14.8 Å². The van der Waals surface area contributed by atoms with Gasteiger partial charge in [0.15, 0.2) is 18.1 Å². The molecule has 0 bridgehead atoms. The molecular formula is C18H17ClN2O3. The van der Waals surface area contributed by atoms with Crippen LogP contribution in [0.2, 0.25) is 5.02 Å². The Morgan fingerprint density at radius 1 is 1.33 bits per heavy atom. The van der Waals surface area contributed by atoms with Crippen LogP contribution in [0.25, 0.3) is 0 Å². The first-order chi connectivity index (χ1) is 11.5. The molecule has 0 fully saturated rings. The van der Waals surface area contributed by atoms with Gasteiger partial charge in [-0.05, 0) is 18.6 Å². The minimum atomic E-state index is -0.283. The van der Waals surface area contributed by atoms with Gasteiger partial charge in [-0.3, -0.25) is 4.79 Å². The third-order valence-corrected chi connectivity index (χ3v) is 3.66. The van der Waals surface area contributed by atoms with Crippen molar-refractivity contribution in [2.45, 2.75) is 13.0 Å². The number of amides is 1. The second-order valence-corrected chi connectivity index (χ2v) is 5.50. The molecule has 0 aliphatic carbocycles. The quantitative estimate of drug-likeness (QED) is 0.870. The van der Waals surface area contributed by atoms with Crippen molar-refractivity contribution in [2.24, 2.45) is 0 Å². The molecular weight excluding hydrogens is 328 g/mol. The molecule has 0 aliphatic heterocycles. The van der Waals surface area contributed by atoms with Crippen LogP contribution in [0.1, 0.15) is 24.1 Å². The third-order valence-electron chi connectivity index (χ3n) is 3.38. The Hall–Kier alpha value is -2.71. The zero-order valence-electron chi connectivity index (χ0n) is 13.4. The molecule has 2 aromatic rings. The third kappa shape index (κ3) is 4.40. The number of methoxy groups -OCH3 is 1. The van der Waals surface area contributed by atoms with Crippen LogP contribution in [0.5, 0.6) is 11.5 Å². The summed E-state index contributed by atoms with van der Waals surface area (Å²) < 4.78 is 10.6. The van der Waals surface area contributed by atoms with Gasteiger partial charge in [0.05, 0.1) is 29.8 Å².